The molecule has 2 aliphatic rings. The van der Waals surface area contributed by atoms with Crippen LogP contribution in [0.1, 0.15) is 6.92 Å². The number of nitrogens with one attached hydrogen (secondary N) is 2. The second-order valence-corrected chi connectivity index (χ2v) is 7.56. The van der Waals surface area contributed by atoms with E-state index in [0.717, 1.165) is 43.3 Å². The third-order valence-electron chi connectivity index (χ3n) is 5.84. The Balaban J connectivity index is 1.42. The molecule has 0 aromatic heterocycles. The van der Waals surface area contributed by atoms with Crippen molar-refractivity contribution >= 4 is 28.9 Å². The molecule has 0 saturated carbocycles. The van der Waals surface area contributed by atoms with Crippen molar-refractivity contribution in [1.29, 1.82) is 0 Å². The first-order valence-corrected chi connectivity index (χ1v) is 10.0. The molecule has 1 saturated heterocycles. The minimum atomic E-state index is -0.207. The van der Waals surface area contributed by atoms with Crippen molar-refractivity contribution in [2.75, 3.05) is 55.0 Å². The molecular weight excluding hydrogens is 368 g/mol. The van der Waals surface area contributed by atoms with Gasteiger partial charge in [-0.05, 0) is 31.2 Å². The number of anilines is 3. The van der Waals surface area contributed by atoms with Crippen LogP contribution in [0, 0.1) is 0 Å². The molecule has 2 aromatic rings. The highest BCUT2D eigenvalue weighted by molar-refractivity contribution is 6.10. The zero-order chi connectivity index (χ0) is 20.4. The lowest BCUT2D eigenvalue weighted by molar-refractivity contribution is -0.914. The van der Waals surface area contributed by atoms with E-state index in [1.807, 2.05) is 49.4 Å². The van der Waals surface area contributed by atoms with Gasteiger partial charge in [-0.3, -0.25) is 14.5 Å². The van der Waals surface area contributed by atoms with Gasteiger partial charge in [0.2, 0.25) is 5.91 Å². The summed E-state index contributed by atoms with van der Waals surface area (Å²) in [5.41, 5.74) is 2.62. The van der Waals surface area contributed by atoms with Gasteiger partial charge in [0.1, 0.15) is 12.3 Å². The number of fused-ring (bicyclic) bond motifs is 1. The number of piperazine rings is 1. The highest BCUT2D eigenvalue weighted by Gasteiger charge is 2.36. The minimum absolute atomic E-state index is 0.00266. The number of para-hydroxylation sites is 2. The van der Waals surface area contributed by atoms with Crippen molar-refractivity contribution in [2.24, 2.45) is 0 Å². The summed E-state index contributed by atoms with van der Waals surface area (Å²) >= 11 is 0. The monoisotopic (exact) mass is 395 g/mol. The minimum Gasteiger partial charge on any atom is -0.497 e. The number of hydrogen-bond donors (Lipinski definition) is 2. The van der Waals surface area contributed by atoms with E-state index in [1.54, 1.807) is 12.0 Å². The van der Waals surface area contributed by atoms with Gasteiger partial charge in [0.05, 0.1) is 44.7 Å². The van der Waals surface area contributed by atoms with Crippen molar-refractivity contribution in [3.05, 3.63) is 48.5 Å². The van der Waals surface area contributed by atoms with Crippen LogP contribution in [-0.4, -0.2) is 57.7 Å². The predicted octanol–water partition coefficient (Wildman–Crippen LogP) is 0.774. The van der Waals surface area contributed by atoms with Crippen LogP contribution in [0.3, 0.4) is 0 Å². The molecule has 152 valence electrons. The second-order valence-electron chi connectivity index (χ2n) is 7.56. The zero-order valence-electron chi connectivity index (χ0n) is 16.9. The number of ether oxygens (including phenoxy) is 1. The summed E-state index contributed by atoms with van der Waals surface area (Å²) in [6.07, 6.45) is 0. The molecule has 2 aromatic carbocycles. The van der Waals surface area contributed by atoms with Crippen molar-refractivity contribution in [3.63, 3.8) is 0 Å². The average Bonchev–Trinajstić information content (AvgIpc) is 2.77. The maximum atomic E-state index is 13.2. The first-order valence-electron chi connectivity index (χ1n) is 10.0. The molecular formula is C22H27N4O3+. The van der Waals surface area contributed by atoms with Crippen LogP contribution in [-0.2, 0) is 9.59 Å². The lowest BCUT2D eigenvalue weighted by Crippen LogP contribution is -3.19. The largest absolute Gasteiger partial charge is 0.497 e. The van der Waals surface area contributed by atoms with Crippen molar-refractivity contribution < 1.29 is 19.2 Å². The van der Waals surface area contributed by atoms with E-state index in [4.69, 9.17) is 4.74 Å². The Labute approximate surface area is 170 Å². The summed E-state index contributed by atoms with van der Waals surface area (Å²) in [5.74, 6) is 0.696. The zero-order valence-corrected chi connectivity index (χ0v) is 16.9. The molecule has 1 fully saturated rings. The van der Waals surface area contributed by atoms with Gasteiger partial charge in [-0.25, -0.2) is 0 Å². The van der Waals surface area contributed by atoms with E-state index >= 15 is 0 Å². The molecule has 7 nitrogen and oxygen atoms in total. The first kappa shape index (κ1) is 19.3. The van der Waals surface area contributed by atoms with Crippen LogP contribution in [0.2, 0.25) is 0 Å². The molecule has 1 atom stereocenters. The fraction of sp³-hybridized carbons (Fsp3) is 0.364. The molecule has 2 amide bonds. The van der Waals surface area contributed by atoms with E-state index in [2.05, 4.69) is 16.3 Å². The summed E-state index contributed by atoms with van der Waals surface area (Å²) in [6.45, 7) is 5.52. The van der Waals surface area contributed by atoms with E-state index in [9.17, 15) is 9.59 Å². The van der Waals surface area contributed by atoms with Crippen LogP contribution in [0.25, 0.3) is 0 Å². The number of methoxy groups -OCH3 is 1. The van der Waals surface area contributed by atoms with E-state index in [1.165, 1.54) is 4.90 Å². The average molecular weight is 395 g/mol. The fourth-order valence-electron chi connectivity index (χ4n) is 4.13. The molecule has 7 heteroatoms. The summed E-state index contributed by atoms with van der Waals surface area (Å²) in [7, 11) is 1.67. The number of quaternary nitrogens is 1. The third-order valence-corrected chi connectivity index (χ3v) is 5.84. The molecule has 29 heavy (non-hydrogen) atoms. The van der Waals surface area contributed by atoms with Gasteiger partial charge in [-0.15, -0.1) is 0 Å². The van der Waals surface area contributed by atoms with Gasteiger partial charge in [-0.2, -0.15) is 0 Å². The third kappa shape index (κ3) is 3.91. The van der Waals surface area contributed by atoms with Crippen LogP contribution < -0.4 is 24.8 Å². The van der Waals surface area contributed by atoms with E-state index in [0.29, 0.717) is 5.69 Å². The molecule has 0 bridgehead atoms. The molecule has 2 N–H and O–H groups in total. The Morgan fingerprint density at radius 3 is 2.66 bits per heavy atom. The van der Waals surface area contributed by atoms with Crippen LogP contribution in [0.5, 0.6) is 5.75 Å². The van der Waals surface area contributed by atoms with Crippen molar-refractivity contribution in [3.8, 4) is 5.75 Å². The van der Waals surface area contributed by atoms with Gasteiger partial charge >= 0.3 is 0 Å². The molecule has 2 heterocycles. The maximum Gasteiger partial charge on any atom is 0.285 e. The Morgan fingerprint density at radius 1 is 1.14 bits per heavy atom. The molecule has 2 aliphatic heterocycles. The number of rotatable bonds is 4. The number of nitrogens with zero attached hydrogens (tertiary/aromatic N) is 2. The van der Waals surface area contributed by atoms with Gasteiger partial charge in [0, 0.05) is 11.8 Å². The van der Waals surface area contributed by atoms with E-state index < -0.39 is 0 Å². The summed E-state index contributed by atoms with van der Waals surface area (Å²) < 4.78 is 5.33. The molecule has 0 unspecified atom stereocenters. The van der Waals surface area contributed by atoms with Crippen molar-refractivity contribution in [2.45, 2.75) is 13.0 Å². The lowest BCUT2D eigenvalue weighted by atomic mass is 10.1. The summed E-state index contributed by atoms with van der Waals surface area (Å²) in [4.78, 5) is 30.5. The first-order chi connectivity index (χ1) is 14.1. The van der Waals surface area contributed by atoms with Gasteiger partial charge in [0.15, 0.2) is 6.04 Å². The normalized spacial score (nSPS) is 18.1. The Bertz CT molecular complexity index is 908. The Morgan fingerprint density at radius 2 is 1.90 bits per heavy atom. The number of benzene rings is 2. The topological polar surface area (TPSA) is 66.3 Å². The van der Waals surface area contributed by atoms with Crippen LogP contribution >= 0.6 is 0 Å². The lowest BCUT2D eigenvalue weighted by Gasteiger charge is -2.38. The van der Waals surface area contributed by atoms with Gasteiger partial charge in [-0.1, -0.05) is 18.2 Å². The van der Waals surface area contributed by atoms with Crippen LogP contribution in [0.15, 0.2) is 48.5 Å². The number of hydrogen-bond acceptors (Lipinski definition) is 4. The second kappa shape index (κ2) is 8.13. The maximum absolute atomic E-state index is 13.2. The quantitative estimate of drug-likeness (QED) is 0.803. The van der Waals surface area contributed by atoms with Gasteiger partial charge < -0.3 is 19.9 Å². The van der Waals surface area contributed by atoms with Gasteiger partial charge in [0.25, 0.3) is 5.91 Å². The smallest absolute Gasteiger partial charge is 0.285 e. The molecule has 4 rings (SSSR count). The number of carbonyl (C=O) groups excluding carboxylic acids is 2. The fourth-order valence-corrected chi connectivity index (χ4v) is 4.13. The highest BCUT2D eigenvalue weighted by Crippen LogP contribution is 2.29. The Kier molecular flexibility index (Phi) is 5.40. The highest BCUT2D eigenvalue weighted by atomic mass is 16.5. The molecule has 0 radical (unpaired) electrons. The summed E-state index contributed by atoms with van der Waals surface area (Å²) in [6, 6.07) is 15.3. The number of amides is 2. The van der Waals surface area contributed by atoms with Crippen molar-refractivity contribution in [1.82, 2.24) is 0 Å². The molecule has 0 spiro atoms. The number of carbonyl (C=O) groups is 2. The SMILES string of the molecule is COc1cccc(N2CC[NH+]([C@@H](C)C(=O)N3CC(=O)Nc4ccccc43)CC2)c1. The Hall–Kier alpha value is -3.06. The van der Waals surface area contributed by atoms with Crippen LogP contribution in [0.4, 0.5) is 17.1 Å². The standard InChI is InChI=1S/C22H26N4O3/c1-16(22(28)26-15-21(27)23-19-8-3-4-9-20(19)26)24-10-12-25(13-11-24)17-6-5-7-18(14-17)29-2/h3-9,14,16H,10-13,15H2,1-2H3,(H,23,27)/p+1/t16-/m0/s1. The summed E-state index contributed by atoms with van der Waals surface area (Å²) in [5, 5.41) is 2.84. The van der Waals surface area contributed by atoms with E-state index in [-0.39, 0.29) is 24.4 Å². The molecule has 0 aliphatic carbocycles. The predicted molar refractivity (Wildman–Crippen MR) is 113 cm³/mol.